The predicted molar refractivity (Wildman–Crippen MR) is 49.3 cm³/mol. The van der Waals surface area contributed by atoms with Crippen LogP contribution in [-0.2, 0) is 6.54 Å². The average molecular weight is 197 g/mol. The van der Waals surface area contributed by atoms with E-state index in [4.69, 9.17) is 5.11 Å². The maximum absolute atomic E-state index is 9.06. The summed E-state index contributed by atoms with van der Waals surface area (Å²) in [6.07, 6.45) is 2.27. The zero-order valence-electron chi connectivity index (χ0n) is 8.06. The van der Waals surface area contributed by atoms with Crippen molar-refractivity contribution in [3.63, 3.8) is 0 Å². The molecule has 78 valence electrons. The van der Waals surface area contributed by atoms with Gasteiger partial charge in [0.05, 0.1) is 6.54 Å². The van der Waals surface area contributed by atoms with E-state index in [2.05, 4.69) is 25.5 Å². The quantitative estimate of drug-likeness (QED) is 0.676. The van der Waals surface area contributed by atoms with Crippen LogP contribution in [0.3, 0.4) is 0 Å². The lowest BCUT2D eigenvalue weighted by Crippen LogP contribution is -2.36. The SMILES string of the molecule is OCC1CCCN(Cc2nn[nH]n2)C1. The molecule has 0 aromatic carbocycles. The molecule has 1 saturated heterocycles. The zero-order valence-corrected chi connectivity index (χ0v) is 8.06. The Bertz CT molecular complexity index is 263. The van der Waals surface area contributed by atoms with Crippen molar-refractivity contribution in [2.24, 2.45) is 5.92 Å². The normalized spacial score (nSPS) is 23.9. The number of tetrazole rings is 1. The predicted octanol–water partition coefficient (Wildman–Crippen LogP) is -0.596. The van der Waals surface area contributed by atoms with Crippen molar-refractivity contribution in [1.82, 2.24) is 25.5 Å². The highest BCUT2D eigenvalue weighted by Crippen LogP contribution is 2.16. The first kappa shape index (κ1) is 9.54. The van der Waals surface area contributed by atoms with Gasteiger partial charge in [-0.15, -0.1) is 10.2 Å². The Morgan fingerprint density at radius 3 is 3.21 bits per heavy atom. The Morgan fingerprint density at radius 1 is 1.57 bits per heavy atom. The van der Waals surface area contributed by atoms with E-state index >= 15 is 0 Å². The molecule has 0 bridgehead atoms. The van der Waals surface area contributed by atoms with Crippen LogP contribution in [0.2, 0.25) is 0 Å². The fraction of sp³-hybridized carbons (Fsp3) is 0.875. The molecular weight excluding hydrogens is 182 g/mol. The fourth-order valence-electron chi connectivity index (χ4n) is 1.89. The second kappa shape index (κ2) is 4.47. The standard InChI is InChI=1S/C8H15N5O/c14-6-7-2-1-3-13(4-7)5-8-9-11-12-10-8/h7,14H,1-6H2,(H,9,10,11,12). The van der Waals surface area contributed by atoms with Crippen molar-refractivity contribution in [3.8, 4) is 0 Å². The molecule has 0 radical (unpaired) electrons. The van der Waals surface area contributed by atoms with Gasteiger partial charge in [-0.3, -0.25) is 4.90 Å². The van der Waals surface area contributed by atoms with Crippen molar-refractivity contribution in [1.29, 1.82) is 0 Å². The highest BCUT2D eigenvalue weighted by Gasteiger charge is 2.19. The molecule has 1 atom stereocenters. The third-order valence-electron chi connectivity index (χ3n) is 2.62. The summed E-state index contributed by atoms with van der Waals surface area (Å²) in [6.45, 7) is 3.01. The van der Waals surface area contributed by atoms with E-state index in [0.717, 1.165) is 38.3 Å². The number of piperidine rings is 1. The molecule has 0 saturated carbocycles. The molecule has 6 nitrogen and oxygen atoms in total. The van der Waals surface area contributed by atoms with Crippen LogP contribution in [0, 0.1) is 5.92 Å². The zero-order chi connectivity index (χ0) is 9.80. The van der Waals surface area contributed by atoms with E-state index in [9.17, 15) is 0 Å². The number of likely N-dealkylation sites (tertiary alicyclic amines) is 1. The third-order valence-corrected chi connectivity index (χ3v) is 2.62. The molecule has 2 N–H and O–H groups in total. The van der Waals surface area contributed by atoms with Crippen LogP contribution in [0.25, 0.3) is 0 Å². The Balaban J connectivity index is 1.86. The van der Waals surface area contributed by atoms with Gasteiger partial charge in [0.2, 0.25) is 0 Å². The molecular formula is C8H15N5O. The highest BCUT2D eigenvalue weighted by molar-refractivity contribution is 4.80. The number of nitrogens with one attached hydrogen (secondary N) is 1. The fourth-order valence-corrected chi connectivity index (χ4v) is 1.89. The van der Waals surface area contributed by atoms with Gasteiger partial charge >= 0.3 is 0 Å². The van der Waals surface area contributed by atoms with Crippen LogP contribution in [0.5, 0.6) is 0 Å². The molecule has 6 heteroatoms. The molecule has 0 spiro atoms. The number of nitrogens with zero attached hydrogens (tertiary/aromatic N) is 4. The van der Waals surface area contributed by atoms with Crippen LogP contribution in [0.4, 0.5) is 0 Å². The number of aliphatic hydroxyl groups excluding tert-OH is 1. The van der Waals surface area contributed by atoms with Crippen molar-refractivity contribution in [2.45, 2.75) is 19.4 Å². The number of rotatable bonds is 3. The monoisotopic (exact) mass is 197 g/mol. The molecule has 1 fully saturated rings. The number of aliphatic hydroxyl groups is 1. The summed E-state index contributed by atoms with van der Waals surface area (Å²) in [6, 6.07) is 0. The minimum atomic E-state index is 0.281. The summed E-state index contributed by atoms with van der Waals surface area (Å²) in [5, 5.41) is 22.8. The summed E-state index contributed by atoms with van der Waals surface area (Å²) >= 11 is 0. The van der Waals surface area contributed by atoms with Gasteiger partial charge in [-0.05, 0) is 25.3 Å². The number of hydrogen-bond acceptors (Lipinski definition) is 5. The lowest BCUT2D eigenvalue weighted by atomic mass is 9.99. The van der Waals surface area contributed by atoms with E-state index < -0.39 is 0 Å². The van der Waals surface area contributed by atoms with Crippen LogP contribution in [0.1, 0.15) is 18.7 Å². The Kier molecular flexibility index (Phi) is 3.05. The Morgan fingerprint density at radius 2 is 2.50 bits per heavy atom. The summed E-state index contributed by atoms with van der Waals surface area (Å²) in [4.78, 5) is 2.26. The molecule has 1 unspecified atom stereocenters. The largest absolute Gasteiger partial charge is 0.396 e. The molecule has 2 rings (SSSR count). The molecule has 1 aliphatic heterocycles. The van der Waals surface area contributed by atoms with Gasteiger partial charge in [0, 0.05) is 13.2 Å². The van der Waals surface area contributed by atoms with Gasteiger partial charge in [0.15, 0.2) is 5.82 Å². The minimum Gasteiger partial charge on any atom is -0.396 e. The molecule has 1 aliphatic rings. The van der Waals surface area contributed by atoms with Crippen molar-refractivity contribution in [3.05, 3.63) is 5.82 Å². The first-order valence-electron chi connectivity index (χ1n) is 4.94. The minimum absolute atomic E-state index is 0.281. The van der Waals surface area contributed by atoms with Crippen molar-refractivity contribution < 1.29 is 5.11 Å². The number of H-pyrrole nitrogens is 1. The maximum atomic E-state index is 9.06. The van der Waals surface area contributed by atoms with Crippen molar-refractivity contribution >= 4 is 0 Å². The highest BCUT2D eigenvalue weighted by atomic mass is 16.3. The van der Waals surface area contributed by atoms with E-state index in [1.54, 1.807) is 0 Å². The summed E-state index contributed by atoms with van der Waals surface area (Å²) in [7, 11) is 0. The van der Waals surface area contributed by atoms with Gasteiger partial charge < -0.3 is 5.11 Å². The average Bonchev–Trinajstić information content (AvgIpc) is 2.71. The van der Waals surface area contributed by atoms with Gasteiger partial charge in [0.1, 0.15) is 0 Å². The first-order chi connectivity index (χ1) is 6.88. The number of aromatic amines is 1. The van der Waals surface area contributed by atoms with Gasteiger partial charge in [-0.25, -0.2) is 0 Å². The van der Waals surface area contributed by atoms with Gasteiger partial charge in [-0.2, -0.15) is 5.21 Å². The van der Waals surface area contributed by atoms with E-state index in [1.807, 2.05) is 0 Å². The first-order valence-corrected chi connectivity index (χ1v) is 4.94. The summed E-state index contributed by atoms with van der Waals surface area (Å²) in [5.41, 5.74) is 0. The number of hydrogen-bond donors (Lipinski definition) is 2. The topological polar surface area (TPSA) is 77.9 Å². The second-order valence-corrected chi connectivity index (χ2v) is 3.75. The number of aromatic nitrogens is 4. The molecule has 14 heavy (non-hydrogen) atoms. The Labute approximate surface area is 82.3 Å². The smallest absolute Gasteiger partial charge is 0.188 e. The van der Waals surface area contributed by atoms with Gasteiger partial charge in [-0.1, -0.05) is 5.21 Å². The maximum Gasteiger partial charge on any atom is 0.188 e. The molecule has 1 aromatic rings. The van der Waals surface area contributed by atoms with E-state index in [-0.39, 0.29) is 6.61 Å². The van der Waals surface area contributed by atoms with Crippen LogP contribution in [0.15, 0.2) is 0 Å². The second-order valence-electron chi connectivity index (χ2n) is 3.75. The van der Waals surface area contributed by atoms with Gasteiger partial charge in [0.25, 0.3) is 0 Å². The molecule has 0 aliphatic carbocycles. The summed E-state index contributed by atoms with van der Waals surface area (Å²) in [5.74, 6) is 1.14. The van der Waals surface area contributed by atoms with E-state index in [0.29, 0.717) is 5.92 Å². The van der Waals surface area contributed by atoms with Crippen molar-refractivity contribution in [2.75, 3.05) is 19.7 Å². The van der Waals surface area contributed by atoms with Crippen LogP contribution < -0.4 is 0 Å². The van der Waals surface area contributed by atoms with Crippen LogP contribution >= 0.6 is 0 Å². The molecule has 2 heterocycles. The van der Waals surface area contributed by atoms with E-state index in [1.165, 1.54) is 0 Å². The molecule has 0 amide bonds. The molecule has 1 aromatic heterocycles. The Hall–Kier alpha value is -1.01. The lowest BCUT2D eigenvalue weighted by molar-refractivity contribution is 0.114. The lowest BCUT2D eigenvalue weighted by Gasteiger charge is -2.30. The van der Waals surface area contributed by atoms with Crippen LogP contribution in [-0.4, -0.2) is 50.3 Å². The third kappa shape index (κ3) is 2.27. The summed E-state index contributed by atoms with van der Waals surface area (Å²) < 4.78 is 0.